The van der Waals surface area contributed by atoms with Gasteiger partial charge in [0.2, 0.25) is 0 Å². The molecule has 7 heteroatoms. The van der Waals surface area contributed by atoms with Gasteiger partial charge in [-0.3, -0.25) is 14.2 Å². The fourth-order valence-corrected chi connectivity index (χ4v) is 3.93. The largest absolute Gasteiger partial charge is 0.298 e. The Morgan fingerprint density at radius 3 is 2.61 bits per heavy atom. The quantitative estimate of drug-likeness (QED) is 0.338. The lowest BCUT2D eigenvalue weighted by atomic mass is 10.2. The third-order valence-corrected chi connectivity index (χ3v) is 5.47. The molecule has 0 aliphatic rings. The van der Waals surface area contributed by atoms with Crippen LogP contribution in [0.25, 0.3) is 11.4 Å². The molecule has 0 N–H and O–H groups in total. The van der Waals surface area contributed by atoms with Crippen LogP contribution in [-0.4, -0.2) is 35.3 Å². The summed E-state index contributed by atoms with van der Waals surface area (Å²) in [6.07, 6.45) is 9.70. The van der Waals surface area contributed by atoms with Crippen LogP contribution in [0.3, 0.4) is 0 Å². The predicted octanol–water partition coefficient (Wildman–Crippen LogP) is 3.85. The van der Waals surface area contributed by atoms with E-state index in [9.17, 15) is 0 Å². The summed E-state index contributed by atoms with van der Waals surface area (Å²) in [4.78, 5) is 4.23. The van der Waals surface area contributed by atoms with Gasteiger partial charge in [0.25, 0.3) is 0 Å². The topological polar surface area (TPSA) is 61.4 Å². The number of thioether (sulfide) groups is 1. The lowest BCUT2D eigenvalue weighted by Crippen LogP contribution is -2.04. The van der Waals surface area contributed by atoms with Crippen molar-refractivity contribution < 1.29 is 0 Å². The van der Waals surface area contributed by atoms with Crippen molar-refractivity contribution in [2.24, 2.45) is 7.05 Å². The number of hydrogen-bond acceptors (Lipinski definition) is 5. The number of rotatable bonds is 8. The Balaban J connectivity index is 1.50. The SMILES string of the molecule is Cn1cc(CCCSc2nnc(-c3cccnc3)n2Cc2ccccc2)cn1. The van der Waals surface area contributed by atoms with Gasteiger partial charge >= 0.3 is 0 Å². The Morgan fingerprint density at radius 1 is 0.964 bits per heavy atom. The van der Waals surface area contributed by atoms with Gasteiger partial charge in [0.1, 0.15) is 0 Å². The Bertz CT molecular complexity index is 1010. The van der Waals surface area contributed by atoms with Crippen LogP contribution >= 0.6 is 11.8 Å². The van der Waals surface area contributed by atoms with Crippen molar-refractivity contribution in [3.05, 3.63) is 78.4 Å². The molecule has 1 aromatic carbocycles. The van der Waals surface area contributed by atoms with Gasteiger partial charge in [0, 0.05) is 37.0 Å². The van der Waals surface area contributed by atoms with E-state index in [1.807, 2.05) is 42.3 Å². The first kappa shape index (κ1) is 18.4. The molecular weight excluding hydrogens is 368 g/mol. The average Bonchev–Trinajstić information content (AvgIpc) is 3.33. The van der Waals surface area contributed by atoms with E-state index in [0.29, 0.717) is 0 Å². The van der Waals surface area contributed by atoms with Crippen LogP contribution in [0.1, 0.15) is 17.5 Å². The molecule has 0 spiro atoms. The zero-order valence-corrected chi connectivity index (χ0v) is 16.6. The van der Waals surface area contributed by atoms with Gasteiger partial charge in [0.05, 0.1) is 12.7 Å². The van der Waals surface area contributed by atoms with E-state index >= 15 is 0 Å². The molecule has 0 aliphatic heterocycles. The predicted molar refractivity (Wildman–Crippen MR) is 111 cm³/mol. The zero-order chi connectivity index (χ0) is 19.2. The van der Waals surface area contributed by atoms with Crippen LogP contribution in [0, 0.1) is 0 Å². The summed E-state index contributed by atoms with van der Waals surface area (Å²) in [5, 5.41) is 14.1. The molecule has 0 amide bonds. The molecule has 4 aromatic rings. The highest BCUT2D eigenvalue weighted by Crippen LogP contribution is 2.25. The fourth-order valence-electron chi connectivity index (χ4n) is 3.05. The summed E-state index contributed by atoms with van der Waals surface area (Å²) < 4.78 is 4.03. The molecular formula is C21H22N6S. The van der Waals surface area contributed by atoms with Crippen molar-refractivity contribution in [3.8, 4) is 11.4 Å². The van der Waals surface area contributed by atoms with Gasteiger partial charge in [-0.1, -0.05) is 42.1 Å². The molecule has 4 rings (SSSR count). The van der Waals surface area contributed by atoms with Gasteiger partial charge < -0.3 is 0 Å². The summed E-state index contributed by atoms with van der Waals surface area (Å²) in [6.45, 7) is 0.739. The molecule has 3 heterocycles. The zero-order valence-electron chi connectivity index (χ0n) is 15.8. The molecule has 0 aliphatic carbocycles. The minimum absolute atomic E-state index is 0.739. The molecule has 0 fully saturated rings. The molecule has 0 bridgehead atoms. The number of nitrogens with zero attached hydrogens (tertiary/aromatic N) is 6. The third-order valence-electron chi connectivity index (χ3n) is 4.42. The highest BCUT2D eigenvalue weighted by atomic mass is 32.2. The Hall–Kier alpha value is -2.93. The minimum Gasteiger partial charge on any atom is -0.298 e. The highest BCUT2D eigenvalue weighted by Gasteiger charge is 2.15. The Morgan fingerprint density at radius 2 is 1.86 bits per heavy atom. The van der Waals surface area contributed by atoms with Crippen molar-refractivity contribution in [1.29, 1.82) is 0 Å². The number of aromatic nitrogens is 6. The van der Waals surface area contributed by atoms with E-state index < -0.39 is 0 Å². The summed E-state index contributed by atoms with van der Waals surface area (Å²) >= 11 is 1.75. The van der Waals surface area contributed by atoms with E-state index in [2.05, 4.69) is 55.3 Å². The van der Waals surface area contributed by atoms with Gasteiger partial charge in [-0.2, -0.15) is 5.10 Å². The second kappa shape index (κ2) is 8.84. The average molecular weight is 391 g/mol. The van der Waals surface area contributed by atoms with Crippen molar-refractivity contribution in [1.82, 2.24) is 29.5 Å². The van der Waals surface area contributed by atoms with Crippen molar-refractivity contribution >= 4 is 11.8 Å². The third kappa shape index (κ3) is 4.48. The summed E-state index contributed by atoms with van der Waals surface area (Å²) in [5.74, 6) is 1.83. The van der Waals surface area contributed by atoms with Crippen molar-refractivity contribution in [2.45, 2.75) is 24.5 Å². The number of benzene rings is 1. The highest BCUT2D eigenvalue weighted by molar-refractivity contribution is 7.99. The summed E-state index contributed by atoms with van der Waals surface area (Å²) in [7, 11) is 1.95. The summed E-state index contributed by atoms with van der Waals surface area (Å²) in [5.41, 5.74) is 3.47. The molecule has 3 aromatic heterocycles. The maximum absolute atomic E-state index is 4.47. The van der Waals surface area contributed by atoms with Crippen LogP contribution in [0.4, 0.5) is 0 Å². The Labute approximate surface area is 168 Å². The molecule has 28 heavy (non-hydrogen) atoms. The first-order valence-corrected chi connectivity index (χ1v) is 10.3. The lowest BCUT2D eigenvalue weighted by Gasteiger charge is -2.10. The van der Waals surface area contributed by atoms with E-state index in [0.717, 1.165) is 41.7 Å². The van der Waals surface area contributed by atoms with Gasteiger partial charge in [0.15, 0.2) is 11.0 Å². The van der Waals surface area contributed by atoms with Gasteiger partial charge in [-0.25, -0.2) is 0 Å². The number of aryl methyl sites for hydroxylation is 2. The van der Waals surface area contributed by atoms with Crippen LogP contribution in [0.5, 0.6) is 0 Å². The van der Waals surface area contributed by atoms with Gasteiger partial charge in [-0.05, 0) is 36.1 Å². The van der Waals surface area contributed by atoms with Crippen molar-refractivity contribution in [2.75, 3.05) is 5.75 Å². The van der Waals surface area contributed by atoms with E-state index in [1.165, 1.54) is 11.1 Å². The second-order valence-corrected chi connectivity index (χ2v) is 7.66. The van der Waals surface area contributed by atoms with E-state index in [-0.39, 0.29) is 0 Å². The number of pyridine rings is 1. The first-order chi connectivity index (χ1) is 13.8. The van der Waals surface area contributed by atoms with Crippen molar-refractivity contribution in [3.63, 3.8) is 0 Å². The van der Waals surface area contributed by atoms with Crippen LogP contribution in [0.15, 0.2) is 72.4 Å². The molecule has 0 radical (unpaired) electrons. The smallest absolute Gasteiger partial charge is 0.191 e. The molecule has 0 unspecified atom stereocenters. The first-order valence-electron chi connectivity index (χ1n) is 9.27. The van der Waals surface area contributed by atoms with E-state index in [1.54, 1.807) is 18.0 Å². The molecule has 6 nitrogen and oxygen atoms in total. The van der Waals surface area contributed by atoms with Crippen LogP contribution in [-0.2, 0) is 20.0 Å². The van der Waals surface area contributed by atoms with Crippen LogP contribution < -0.4 is 0 Å². The Kier molecular flexibility index (Phi) is 5.82. The second-order valence-electron chi connectivity index (χ2n) is 6.59. The van der Waals surface area contributed by atoms with Gasteiger partial charge in [-0.15, -0.1) is 10.2 Å². The minimum atomic E-state index is 0.739. The molecule has 0 atom stereocenters. The van der Waals surface area contributed by atoms with Crippen LogP contribution in [0.2, 0.25) is 0 Å². The normalized spacial score (nSPS) is 11.0. The lowest BCUT2D eigenvalue weighted by molar-refractivity contribution is 0.713. The molecule has 142 valence electrons. The monoisotopic (exact) mass is 390 g/mol. The van der Waals surface area contributed by atoms with E-state index in [4.69, 9.17) is 0 Å². The molecule has 0 saturated heterocycles. The maximum Gasteiger partial charge on any atom is 0.191 e. The number of hydrogen-bond donors (Lipinski definition) is 0. The molecule has 0 saturated carbocycles. The fraction of sp³-hybridized carbons (Fsp3) is 0.238. The maximum atomic E-state index is 4.47. The summed E-state index contributed by atoms with van der Waals surface area (Å²) in [6, 6.07) is 14.4. The standard InChI is InChI=1S/C21H22N6S/c1-26-15-18(13-23-26)9-6-12-28-21-25-24-20(19-10-5-11-22-14-19)27(21)16-17-7-3-2-4-8-17/h2-5,7-8,10-11,13-15H,6,9,12,16H2,1H3.